The lowest BCUT2D eigenvalue weighted by Gasteiger charge is -2.24. The van der Waals surface area contributed by atoms with Crippen LogP contribution in [0.25, 0.3) is 16.8 Å². The molecule has 7 nitrogen and oxygen atoms in total. The zero-order chi connectivity index (χ0) is 26.3. The second kappa shape index (κ2) is 9.70. The molecule has 190 valence electrons. The molecule has 5 rings (SSSR count). The summed E-state index contributed by atoms with van der Waals surface area (Å²) >= 11 is 0. The number of nitrogens with two attached hydrogens (primary N) is 1. The van der Waals surface area contributed by atoms with Crippen LogP contribution < -0.4 is 16.2 Å². The molecule has 0 radical (unpaired) electrons. The SMILES string of the molecule is C[C@H]1C[C@H](N)CN1c1nc2c(-c3ccc(F)cc3F)cc(C(=O)OCc3ccccc3)c(=O)n2cc1F. The van der Waals surface area contributed by atoms with Crippen LogP contribution in [0.1, 0.15) is 29.3 Å². The van der Waals surface area contributed by atoms with Crippen LogP contribution in [-0.2, 0) is 11.3 Å². The Morgan fingerprint density at radius 1 is 1.08 bits per heavy atom. The van der Waals surface area contributed by atoms with Crippen molar-refractivity contribution >= 4 is 17.4 Å². The number of benzene rings is 2. The third kappa shape index (κ3) is 4.67. The molecule has 1 aliphatic heterocycles. The topological polar surface area (TPSA) is 89.9 Å². The maximum atomic E-state index is 15.3. The summed E-state index contributed by atoms with van der Waals surface area (Å²) in [6.45, 7) is 2.10. The number of nitrogens with zero attached hydrogens (tertiary/aromatic N) is 3. The Bertz CT molecular complexity index is 1560. The van der Waals surface area contributed by atoms with E-state index < -0.39 is 34.5 Å². The van der Waals surface area contributed by atoms with Gasteiger partial charge < -0.3 is 15.4 Å². The van der Waals surface area contributed by atoms with E-state index in [1.54, 1.807) is 35.2 Å². The van der Waals surface area contributed by atoms with E-state index in [1.807, 2.05) is 6.92 Å². The van der Waals surface area contributed by atoms with Crippen molar-refractivity contribution in [1.29, 1.82) is 0 Å². The van der Waals surface area contributed by atoms with Crippen molar-refractivity contribution in [2.75, 3.05) is 11.4 Å². The highest BCUT2D eigenvalue weighted by atomic mass is 19.1. The molecule has 37 heavy (non-hydrogen) atoms. The van der Waals surface area contributed by atoms with Crippen LogP contribution in [0.2, 0.25) is 0 Å². The lowest BCUT2D eigenvalue weighted by atomic mass is 10.0. The lowest BCUT2D eigenvalue weighted by molar-refractivity contribution is 0.0470. The van der Waals surface area contributed by atoms with Crippen molar-refractivity contribution in [3.63, 3.8) is 0 Å². The van der Waals surface area contributed by atoms with E-state index in [-0.39, 0.29) is 41.3 Å². The zero-order valence-corrected chi connectivity index (χ0v) is 19.8. The molecule has 0 bridgehead atoms. The van der Waals surface area contributed by atoms with Gasteiger partial charge in [0.2, 0.25) is 0 Å². The number of carbonyl (C=O) groups is 1. The number of hydrogen-bond donors (Lipinski definition) is 1. The van der Waals surface area contributed by atoms with Gasteiger partial charge in [0.25, 0.3) is 5.56 Å². The van der Waals surface area contributed by atoms with Gasteiger partial charge in [0, 0.05) is 35.8 Å². The molecule has 0 saturated carbocycles. The number of esters is 1. The number of ether oxygens (including phenoxy) is 1. The van der Waals surface area contributed by atoms with Crippen molar-refractivity contribution in [2.45, 2.75) is 32.0 Å². The van der Waals surface area contributed by atoms with Crippen molar-refractivity contribution in [1.82, 2.24) is 9.38 Å². The van der Waals surface area contributed by atoms with Crippen LogP contribution in [0.5, 0.6) is 0 Å². The smallest absolute Gasteiger partial charge is 0.344 e. The van der Waals surface area contributed by atoms with Gasteiger partial charge >= 0.3 is 5.97 Å². The second-order valence-corrected chi connectivity index (χ2v) is 9.07. The standard InChI is InChI=1S/C27H23F3N4O3/c1-15-9-18(31)12-33(15)25-23(30)13-34-24(32-25)20(19-8-7-17(28)10-22(19)29)11-21(26(34)35)27(36)37-14-16-5-3-2-4-6-16/h2-8,10-11,13,15,18H,9,12,14,31H2,1H3/t15-,18-/m0/s1. The van der Waals surface area contributed by atoms with E-state index in [9.17, 15) is 18.4 Å². The van der Waals surface area contributed by atoms with Gasteiger partial charge in [0.1, 0.15) is 29.5 Å². The summed E-state index contributed by atoms with van der Waals surface area (Å²) in [5.74, 6) is -3.58. The first-order chi connectivity index (χ1) is 17.7. The van der Waals surface area contributed by atoms with E-state index in [2.05, 4.69) is 4.98 Å². The van der Waals surface area contributed by atoms with Gasteiger partial charge in [0.05, 0.1) is 6.20 Å². The fourth-order valence-corrected chi connectivity index (χ4v) is 4.61. The number of rotatable bonds is 5. The maximum absolute atomic E-state index is 15.3. The fourth-order valence-electron chi connectivity index (χ4n) is 4.61. The van der Waals surface area contributed by atoms with E-state index in [0.29, 0.717) is 24.6 Å². The van der Waals surface area contributed by atoms with Crippen molar-refractivity contribution in [3.8, 4) is 11.1 Å². The molecule has 2 aromatic carbocycles. The molecule has 0 aliphatic carbocycles. The average molecular weight is 509 g/mol. The summed E-state index contributed by atoms with van der Waals surface area (Å²) in [5, 5.41) is 0. The Morgan fingerprint density at radius 2 is 1.84 bits per heavy atom. The van der Waals surface area contributed by atoms with E-state index in [1.165, 1.54) is 6.07 Å². The predicted octanol–water partition coefficient (Wildman–Crippen LogP) is 4.06. The molecule has 4 aromatic rings. The van der Waals surface area contributed by atoms with Crippen molar-refractivity contribution in [3.05, 3.63) is 99.7 Å². The minimum atomic E-state index is -0.976. The molecule has 0 amide bonds. The highest BCUT2D eigenvalue weighted by Gasteiger charge is 2.31. The first-order valence-electron chi connectivity index (χ1n) is 11.7. The molecule has 2 atom stereocenters. The minimum Gasteiger partial charge on any atom is -0.457 e. The Hall–Kier alpha value is -4.18. The Labute approximate surface area is 209 Å². The van der Waals surface area contributed by atoms with Gasteiger partial charge in [-0.15, -0.1) is 0 Å². The third-order valence-corrected chi connectivity index (χ3v) is 6.41. The number of aromatic nitrogens is 2. The van der Waals surface area contributed by atoms with Crippen LogP contribution in [0.4, 0.5) is 19.0 Å². The number of halogens is 3. The van der Waals surface area contributed by atoms with Crippen LogP contribution >= 0.6 is 0 Å². The van der Waals surface area contributed by atoms with Crippen LogP contribution in [0.3, 0.4) is 0 Å². The zero-order valence-electron chi connectivity index (χ0n) is 19.8. The van der Waals surface area contributed by atoms with E-state index in [0.717, 1.165) is 22.7 Å². The highest BCUT2D eigenvalue weighted by Crippen LogP contribution is 2.31. The maximum Gasteiger partial charge on any atom is 0.344 e. The first-order valence-corrected chi connectivity index (χ1v) is 11.7. The van der Waals surface area contributed by atoms with Crippen LogP contribution in [0.15, 0.2) is 65.6 Å². The molecule has 2 aromatic heterocycles. The number of fused-ring (bicyclic) bond motifs is 1. The highest BCUT2D eigenvalue weighted by molar-refractivity contribution is 5.93. The predicted molar refractivity (Wildman–Crippen MR) is 132 cm³/mol. The summed E-state index contributed by atoms with van der Waals surface area (Å²) < 4.78 is 50.0. The van der Waals surface area contributed by atoms with Crippen molar-refractivity contribution in [2.24, 2.45) is 5.73 Å². The lowest BCUT2D eigenvalue weighted by Crippen LogP contribution is -2.32. The molecular weight excluding hydrogens is 485 g/mol. The number of anilines is 1. The van der Waals surface area contributed by atoms with E-state index >= 15 is 4.39 Å². The van der Waals surface area contributed by atoms with Gasteiger partial charge in [-0.05, 0) is 37.1 Å². The fraction of sp³-hybridized carbons (Fsp3) is 0.222. The van der Waals surface area contributed by atoms with Gasteiger partial charge in [-0.1, -0.05) is 30.3 Å². The normalized spacial score (nSPS) is 17.4. The Kier molecular flexibility index (Phi) is 6.43. The van der Waals surface area contributed by atoms with Crippen LogP contribution in [0, 0.1) is 17.5 Å². The molecule has 2 N–H and O–H groups in total. The molecule has 0 unspecified atom stereocenters. The number of carbonyl (C=O) groups excluding carboxylic acids is 1. The largest absolute Gasteiger partial charge is 0.457 e. The van der Waals surface area contributed by atoms with Crippen molar-refractivity contribution < 1.29 is 22.7 Å². The first kappa shape index (κ1) is 24.5. The molecule has 1 aliphatic rings. The number of pyridine rings is 1. The van der Waals surface area contributed by atoms with Gasteiger partial charge in [0.15, 0.2) is 11.6 Å². The average Bonchev–Trinajstić information content (AvgIpc) is 3.21. The quantitative estimate of drug-likeness (QED) is 0.409. The van der Waals surface area contributed by atoms with E-state index in [4.69, 9.17) is 10.5 Å². The summed E-state index contributed by atoms with van der Waals surface area (Å²) in [4.78, 5) is 32.3. The third-order valence-electron chi connectivity index (χ3n) is 6.41. The van der Waals surface area contributed by atoms with Crippen LogP contribution in [-0.4, -0.2) is 34.0 Å². The molecule has 3 heterocycles. The van der Waals surface area contributed by atoms with Gasteiger partial charge in [-0.25, -0.2) is 22.9 Å². The molecule has 10 heteroatoms. The Morgan fingerprint density at radius 3 is 2.51 bits per heavy atom. The molecule has 1 fully saturated rings. The van der Waals surface area contributed by atoms with Gasteiger partial charge in [-0.3, -0.25) is 9.20 Å². The summed E-state index contributed by atoms with van der Waals surface area (Å²) in [6, 6.07) is 12.5. The monoisotopic (exact) mass is 508 g/mol. The summed E-state index contributed by atoms with van der Waals surface area (Å²) in [7, 11) is 0. The summed E-state index contributed by atoms with van der Waals surface area (Å²) in [5.41, 5.74) is 5.18. The minimum absolute atomic E-state index is 0.00107. The molecular formula is C27H23F3N4O3. The number of hydrogen-bond acceptors (Lipinski definition) is 6. The molecule has 0 spiro atoms. The molecule has 1 saturated heterocycles. The Balaban J connectivity index is 1.67. The van der Waals surface area contributed by atoms with Gasteiger partial charge in [-0.2, -0.15) is 0 Å². The summed E-state index contributed by atoms with van der Waals surface area (Å²) in [6.07, 6.45) is 1.53. The second-order valence-electron chi connectivity index (χ2n) is 9.07.